The fourth-order valence-corrected chi connectivity index (χ4v) is 2.49. The molecule has 0 aliphatic carbocycles. The molecule has 10 heteroatoms. The van der Waals surface area contributed by atoms with Gasteiger partial charge in [-0.15, -0.1) is 30.8 Å². The molecular formula is C16H13F6N2O2+. The van der Waals surface area contributed by atoms with Gasteiger partial charge in [0.05, 0.1) is 4.92 Å². The minimum absolute atomic E-state index is 0.135. The molecule has 2 aromatic rings. The Balaban J connectivity index is 2.50. The van der Waals surface area contributed by atoms with E-state index in [2.05, 4.69) is 0 Å². The summed E-state index contributed by atoms with van der Waals surface area (Å²) in [6.07, 6.45) is -11.3. The summed E-state index contributed by atoms with van der Waals surface area (Å²) in [7, 11) is 0. The number of nitro benzene ring substituents is 1. The molecule has 2 rings (SSSR count). The molecule has 0 fully saturated rings. The van der Waals surface area contributed by atoms with Gasteiger partial charge in [-0.3, -0.25) is 10.1 Å². The number of non-ortho nitro benzene ring substituents is 1. The summed E-state index contributed by atoms with van der Waals surface area (Å²) in [5, 5.41) is 10.6. The molecule has 0 bridgehead atoms. The zero-order valence-corrected chi connectivity index (χ0v) is 13.1. The monoisotopic (exact) mass is 379 g/mol. The van der Waals surface area contributed by atoms with E-state index in [0.717, 1.165) is 24.3 Å². The van der Waals surface area contributed by atoms with Crippen molar-refractivity contribution in [3.05, 3.63) is 75.8 Å². The minimum Gasteiger partial charge on any atom is -0.258 e. The third-order valence-electron chi connectivity index (χ3n) is 3.87. The minimum atomic E-state index is -5.63. The molecule has 2 aromatic carbocycles. The first-order chi connectivity index (χ1) is 12.0. The third-order valence-corrected chi connectivity index (χ3v) is 3.87. The van der Waals surface area contributed by atoms with E-state index in [1.54, 1.807) is 0 Å². The van der Waals surface area contributed by atoms with Crippen LogP contribution in [0.4, 0.5) is 32.0 Å². The second-order valence-electron chi connectivity index (χ2n) is 5.63. The molecule has 0 aromatic heterocycles. The van der Waals surface area contributed by atoms with E-state index in [9.17, 15) is 36.5 Å². The van der Waals surface area contributed by atoms with E-state index >= 15 is 0 Å². The van der Waals surface area contributed by atoms with Gasteiger partial charge in [0.1, 0.15) is 13.1 Å². The Morgan fingerprint density at radius 2 is 1.19 bits per heavy atom. The van der Waals surface area contributed by atoms with E-state index in [1.807, 2.05) is 0 Å². The van der Waals surface area contributed by atoms with Gasteiger partial charge in [0.25, 0.3) is 5.69 Å². The summed E-state index contributed by atoms with van der Waals surface area (Å²) in [4.78, 5) is 9.81. The maximum absolute atomic E-state index is 13.6. The van der Waals surface area contributed by atoms with Gasteiger partial charge in [-0.25, -0.2) is 0 Å². The molecule has 0 saturated heterocycles. The fraction of sp³-hybridized carbons (Fsp3) is 0.250. The molecule has 0 aliphatic rings. The lowest BCUT2D eigenvalue weighted by molar-refractivity contribution is -1.12. The molecule has 0 saturated carbocycles. The lowest BCUT2D eigenvalue weighted by atomic mass is 10.1. The molecule has 0 radical (unpaired) electrons. The number of nitrogens with zero attached hydrogens (tertiary/aromatic N) is 2. The van der Waals surface area contributed by atoms with Crippen LogP contribution in [-0.2, 0) is 13.1 Å². The van der Waals surface area contributed by atoms with Gasteiger partial charge in [-0.05, 0) is 12.1 Å². The number of benzene rings is 2. The number of alkyl halides is 6. The Morgan fingerprint density at radius 3 is 1.58 bits per heavy atom. The molecule has 0 spiro atoms. The van der Waals surface area contributed by atoms with Gasteiger partial charge in [0.15, 0.2) is 0 Å². The summed E-state index contributed by atoms with van der Waals surface area (Å²) >= 11 is 0. The molecule has 0 N–H and O–H groups in total. The van der Waals surface area contributed by atoms with Crippen molar-refractivity contribution < 1.29 is 35.7 Å². The number of quaternary nitrogens is 1. The highest BCUT2D eigenvalue weighted by atomic mass is 19.4. The van der Waals surface area contributed by atoms with E-state index in [4.69, 9.17) is 0 Å². The largest absolute Gasteiger partial charge is 0.569 e. The average molecular weight is 379 g/mol. The Bertz CT molecular complexity index is 743. The van der Waals surface area contributed by atoms with Crippen molar-refractivity contribution >= 4 is 5.69 Å². The normalized spacial score (nSPS) is 12.8. The highest BCUT2D eigenvalue weighted by Gasteiger charge is 2.71. The Labute approximate surface area is 144 Å². The van der Waals surface area contributed by atoms with Crippen LogP contribution in [0.5, 0.6) is 0 Å². The number of hydrogen-bond donors (Lipinski definition) is 0. The maximum Gasteiger partial charge on any atom is 0.569 e. The van der Waals surface area contributed by atoms with Gasteiger partial charge in [0.2, 0.25) is 0 Å². The van der Waals surface area contributed by atoms with Crippen molar-refractivity contribution in [1.82, 2.24) is 0 Å². The molecular weight excluding hydrogens is 366 g/mol. The van der Waals surface area contributed by atoms with Crippen molar-refractivity contribution in [3.8, 4) is 0 Å². The van der Waals surface area contributed by atoms with Crippen LogP contribution in [0.2, 0.25) is 0 Å². The van der Waals surface area contributed by atoms with Crippen molar-refractivity contribution in [3.63, 3.8) is 0 Å². The maximum atomic E-state index is 13.6. The highest BCUT2D eigenvalue weighted by molar-refractivity contribution is 5.32. The number of hydrogen-bond acceptors (Lipinski definition) is 2. The quantitative estimate of drug-likeness (QED) is 0.237. The first-order valence-corrected chi connectivity index (χ1v) is 7.24. The van der Waals surface area contributed by atoms with Crippen LogP contribution in [0.15, 0.2) is 54.6 Å². The van der Waals surface area contributed by atoms with Gasteiger partial charge < -0.3 is 0 Å². The Hall–Kier alpha value is -2.62. The summed E-state index contributed by atoms with van der Waals surface area (Å²) in [5.74, 6) is 0. The van der Waals surface area contributed by atoms with Crippen LogP contribution in [0.1, 0.15) is 11.1 Å². The topological polar surface area (TPSA) is 43.1 Å². The van der Waals surface area contributed by atoms with E-state index in [0.29, 0.717) is 0 Å². The van der Waals surface area contributed by atoms with E-state index in [-0.39, 0.29) is 11.1 Å². The van der Waals surface area contributed by atoms with Crippen molar-refractivity contribution in [1.29, 1.82) is 0 Å². The number of rotatable bonds is 5. The summed E-state index contributed by atoms with van der Waals surface area (Å²) in [5.41, 5.74) is -0.876. The van der Waals surface area contributed by atoms with Crippen LogP contribution < -0.4 is 0 Å². The van der Waals surface area contributed by atoms with Gasteiger partial charge >= 0.3 is 12.6 Å². The Morgan fingerprint density at radius 1 is 0.769 bits per heavy atom. The SMILES string of the molecule is O=[N+]([O-])c1ccc(C[N+](Cc2ccccc2)(C(F)(F)F)C(F)(F)F)cc1. The van der Waals surface area contributed by atoms with Crippen LogP contribution in [0, 0.1) is 10.1 Å². The molecule has 140 valence electrons. The van der Waals surface area contributed by atoms with Crippen molar-refractivity contribution in [2.75, 3.05) is 0 Å². The molecule has 0 amide bonds. The number of halogens is 6. The smallest absolute Gasteiger partial charge is 0.258 e. The van der Waals surface area contributed by atoms with E-state index < -0.39 is 40.8 Å². The average Bonchev–Trinajstić information content (AvgIpc) is 2.53. The van der Waals surface area contributed by atoms with Gasteiger partial charge in [-0.1, -0.05) is 30.3 Å². The fourth-order valence-electron chi connectivity index (χ4n) is 2.49. The molecule has 0 unspecified atom stereocenters. The first kappa shape index (κ1) is 19.7. The van der Waals surface area contributed by atoms with Gasteiger partial charge in [-0.2, -0.15) is 0 Å². The lowest BCUT2D eigenvalue weighted by Gasteiger charge is -2.39. The predicted octanol–water partition coefficient (Wildman–Crippen LogP) is 5.15. The standard InChI is InChI=1S/C16H13F6N2O2/c17-15(18,19)24(16(20,21)22,10-12-4-2-1-3-5-12)11-13-6-8-14(9-7-13)23(25)26/h1-9H,10-11H2/q+1. The summed E-state index contributed by atoms with van der Waals surface area (Å²) in [6, 6.07) is 10.1. The lowest BCUT2D eigenvalue weighted by Crippen LogP contribution is -2.64. The van der Waals surface area contributed by atoms with E-state index in [1.165, 1.54) is 30.3 Å². The van der Waals surface area contributed by atoms with Crippen molar-refractivity contribution in [2.24, 2.45) is 0 Å². The predicted molar refractivity (Wildman–Crippen MR) is 79.3 cm³/mol. The van der Waals surface area contributed by atoms with Crippen LogP contribution in [-0.4, -0.2) is 22.0 Å². The number of nitro groups is 1. The molecule has 4 nitrogen and oxygen atoms in total. The third kappa shape index (κ3) is 3.96. The van der Waals surface area contributed by atoms with Crippen LogP contribution in [0.25, 0.3) is 0 Å². The van der Waals surface area contributed by atoms with Crippen LogP contribution in [0.3, 0.4) is 0 Å². The van der Waals surface area contributed by atoms with Crippen molar-refractivity contribution in [2.45, 2.75) is 25.7 Å². The second-order valence-corrected chi connectivity index (χ2v) is 5.63. The molecule has 26 heavy (non-hydrogen) atoms. The zero-order chi connectivity index (χ0) is 19.6. The summed E-state index contributed by atoms with van der Waals surface area (Å²) in [6.45, 7) is -2.77. The highest BCUT2D eigenvalue weighted by Crippen LogP contribution is 2.46. The van der Waals surface area contributed by atoms with Gasteiger partial charge in [0, 0.05) is 23.3 Å². The summed E-state index contributed by atoms with van der Waals surface area (Å²) < 4.78 is 78.4. The first-order valence-electron chi connectivity index (χ1n) is 7.24. The molecule has 0 atom stereocenters. The zero-order valence-electron chi connectivity index (χ0n) is 13.1. The van der Waals surface area contributed by atoms with Crippen LogP contribution >= 0.6 is 0 Å². The molecule has 0 aliphatic heterocycles. The second kappa shape index (κ2) is 6.94. The molecule has 0 heterocycles. The Kier molecular flexibility index (Phi) is 5.26.